The van der Waals surface area contributed by atoms with Crippen LogP contribution < -0.4 is 0 Å². The van der Waals surface area contributed by atoms with E-state index in [4.69, 9.17) is 0 Å². The zero-order valence-corrected chi connectivity index (χ0v) is 24.0. The van der Waals surface area contributed by atoms with Crippen molar-refractivity contribution in [2.24, 2.45) is 0 Å². The Morgan fingerprint density at radius 2 is 1.14 bits per heavy atom. The lowest BCUT2D eigenvalue weighted by molar-refractivity contribution is 0.469. The Labute approximate surface area is 225 Å². The van der Waals surface area contributed by atoms with Gasteiger partial charge in [-0.25, -0.2) is 0 Å². The van der Waals surface area contributed by atoms with Gasteiger partial charge in [0.25, 0.3) is 0 Å². The van der Waals surface area contributed by atoms with Gasteiger partial charge in [0.1, 0.15) is 11.5 Å². The molecule has 0 aromatic heterocycles. The molecule has 0 atom stereocenters. The predicted octanol–water partition coefficient (Wildman–Crippen LogP) is 10.0. The van der Waals surface area contributed by atoms with Crippen molar-refractivity contribution in [2.75, 3.05) is 0 Å². The van der Waals surface area contributed by atoms with Gasteiger partial charge < -0.3 is 10.2 Å². The second-order valence-corrected chi connectivity index (χ2v) is 10.7. The van der Waals surface area contributed by atoms with E-state index in [-0.39, 0.29) is 0 Å². The van der Waals surface area contributed by atoms with Gasteiger partial charge in [0.2, 0.25) is 0 Å². The molecule has 0 radical (unpaired) electrons. The van der Waals surface area contributed by atoms with Crippen LogP contribution in [0.3, 0.4) is 0 Å². The van der Waals surface area contributed by atoms with Crippen LogP contribution in [0.4, 0.5) is 0 Å². The van der Waals surface area contributed by atoms with Crippen molar-refractivity contribution in [1.29, 1.82) is 0 Å². The highest BCUT2D eigenvalue weighted by Gasteiger charge is 2.06. The molecule has 0 aliphatic heterocycles. The van der Waals surface area contributed by atoms with Gasteiger partial charge in [-0.2, -0.15) is 0 Å². The van der Waals surface area contributed by atoms with Crippen molar-refractivity contribution in [2.45, 2.75) is 87.0 Å². The third kappa shape index (κ3) is 11.1. The highest BCUT2D eigenvalue weighted by atomic mass is 16.3. The number of hydrogen-bond acceptors (Lipinski definition) is 2. The minimum absolute atomic E-state index is 0.316. The van der Waals surface area contributed by atoms with Crippen LogP contribution in [0.25, 0.3) is 12.2 Å². The maximum atomic E-state index is 10.6. The van der Waals surface area contributed by atoms with Crippen LogP contribution in [0.1, 0.15) is 95.0 Å². The van der Waals surface area contributed by atoms with Crippen molar-refractivity contribution in [3.63, 3.8) is 0 Å². The van der Waals surface area contributed by atoms with E-state index < -0.39 is 0 Å². The minimum Gasteiger partial charge on any atom is -0.508 e. The van der Waals surface area contributed by atoms with Gasteiger partial charge in [-0.3, -0.25) is 0 Å². The number of phenols is 2. The first-order valence-corrected chi connectivity index (χ1v) is 13.5. The van der Waals surface area contributed by atoms with Crippen LogP contribution in [0, 0.1) is 6.92 Å². The summed E-state index contributed by atoms with van der Waals surface area (Å²) in [4.78, 5) is 0. The van der Waals surface area contributed by atoms with Gasteiger partial charge in [0.05, 0.1) is 0 Å². The summed E-state index contributed by atoms with van der Waals surface area (Å²) in [6, 6.07) is 9.78. The molecule has 0 saturated carbocycles. The number of allylic oxidation sites excluding steroid dienone is 8. The quantitative estimate of drug-likeness (QED) is 0.226. The van der Waals surface area contributed by atoms with E-state index in [1.807, 2.05) is 37.3 Å². The van der Waals surface area contributed by atoms with E-state index in [1.54, 1.807) is 6.07 Å². The van der Waals surface area contributed by atoms with Gasteiger partial charge >= 0.3 is 0 Å². The van der Waals surface area contributed by atoms with Gasteiger partial charge in [-0.15, -0.1) is 0 Å². The molecule has 2 aromatic carbocycles. The van der Waals surface area contributed by atoms with Crippen LogP contribution in [-0.4, -0.2) is 10.2 Å². The maximum Gasteiger partial charge on any atom is 0.119 e. The monoisotopic (exact) mass is 498 g/mol. The minimum atomic E-state index is 0.316. The van der Waals surface area contributed by atoms with E-state index in [1.165, 1.54) is 22.3 Å². The van der Waals surface area contributed by atoms with Crippen molar-refractivity contribution < 1.29 is 10.2 Å². The van der Waals surface area contributed by atoms with Crippen LogP contribution in [-0.2, 0) is 12.8 Å². The molecule has 2 N–H and O–H groups in total. The Morgan fingerprint density at radius 1 is 0.622 bits per heavy atom. The van der Waals surface area contributed by atoms with E-state index >= 15 is 0 Å². The number of aromatic hydroxyl groups is 2. The molecular weight excluding hydrogens is 452 g/mol. The fraction of sp³-hybridized carbons (Fsp3) is 0.371. The van der Waals surface area contributed by atoms with Gasteiger partial charge in [0, 0.05) is 0 Å². The SMILES string of the molecule is CC(C)=CCC/C(C)=C/Cc1ccc(/C=C/c2cc(O)c(C)c(C/C=C(\C)CCC=C(C)C)c2)cc1O. The first-order chi connectivity index (χ1) is 17.5. The smallest absolute Gasteiger partial charge is 0.119 e. The molecular formula is C35H46O2. The molecule has 0 fully saturated rings. The molecule has 0 saturated heterocycles. The van der Waals surface area contributed by atoms with E-state index in [2.05, 4.69) is 71.9 Å². The summed E-state index contributed by atoms with van der Waals surface area (Å²) in [6.45, 7) is 14.8. The zero-order valence-electron chi connectivity index (χ0n) is 24.0. The summed E-state index contributed by atoms with van der Waals surface area (Å²) in [5.41, 5.74) is 10.3. The number of hydrogen-bond donors (Lipinski definition) is 2. The Hall–Kier alpha value is -3.26. The van der Waals surface area contributed by atoms with Crippen molar-refractivity contribution in [1.82, 2.24) is 0 Å². The molecule has 0 aliphatic carbocycles. The summed E-state index contributed by atoms with van der Waals surface area (Å²) >= 11 is 0. The molecule has 0 bridgehead atoms. The molecule has 198 valence electrons. The fourth-order valence-electron chi connectivity index (χ4n) is 4.09. The molecule has 37 heavy (non-hydrogen) atoms. The van der Waals surface area contributed by atoms with Crippen LogP contribution in [0.15, 0.2) is 76.9 Å². The highest BCUT2D eigenvalue weighted by Crippen LogP contribution is 2.26. The normalized spacial score (nSPS) is 12.2. The standard InChI is InChI=1S/C35H46O2/c1-25(2)10-8-12-27(5)14-19-32-21-18-30(23-35(32)37)16-17-31-22-33(29(7)34(36)24-31)20-15-28(6)13-9-11-26(3)4/h10-11,14-18,21-24,36-37H,8-9,12-13,19-20H2,1-7H3/b17-16+,27-14+,28-15+. The largest absolute Gasteiger partial charge is 0.508 e. The van der Waals surface area contributed by atoms with E-state index in [9.17, 15) is 10.2 Å². The molecule has 2 aromatic rings. The molecule has 0 aliphatic rings. The molecule has 2 rings (SSSR count). The molecule has 0 spiro atoms. The maximum absolute atomic E-state index is 10.6. The number of rotatable bonds is 12. The molecule has 2 heteroatoms. The van der Waals surface area contributed by atoms with Crippen molar-refractivity contribution in [3.8, 4) is 11.5 Å². The molecule has 0 unspecified atom stereocenters. The number of phenolic OH excluding ortho intramolecular Hbond substituents is 2. The molecule has 2 nitrogen and oxygen atoms in total. The van der Waals surface area contributed by atoms with Gasteiger partial charge in [-0.1, -0.05) is 76.9 Å². The Bertz CT molecular complexity index is 1190. The summed E-state index contributed by atoms with van der Waals surface area (Å²) in [6.07, 6.45) is 18.7. The fourth-order valence-corrected chi connectivity index (χ4v) is 4.09. The van der Waals surface area contributed by atoms with Gasteiger partial charge in [0.15, 0.2) is 0 Å². The Balaban J connectivity index is 2.08. The highest BCUT2D eigenvalue weighted by molar-refractivity contribution is 5.72. The average Bonchev–Trinajstić information content (AvgIpc) is 2.82. The third-order valence-corrected chi connectivity index (χ3v) is 6.61. The third-order valence-electron chi connectivity index (χ3n) is 6.61. The lowest BCUT2D eigenvalue weighted by Gasteiger charge is -2.09. The topological polar surface area (TPSA) is 40.5 Å². The zero-order chi connectivity index (χ0) is 27.4. The van der Waals surface area contributed by atoms with Crippen LogP contribution in [0.5, 0.6) is 11.5 Å². The Kier molecular flexibility index (Phi) is 12.2. The van der Waals surface area contributed by atoms with Gasteiger partial charge in [-0.05, 0) is 127 Å². The Morgan fingerprint density at radius 3 is 1.68 bits per heavy atom. The summed E-state index contributed by atoms with van der Waals surface area (Å²) in [5.74, 6) is 0.634. The van der Waals surface area contributed by atoms with E-state index in [0.717, 1.165) is 66.3 Å². The first kappa shape index (κ1) is 30.0. The lowest BCUT2D eigenvalue weighted by atomic mass is 9.98. The summed E-state index contributed by atoms with van der Waals surface area (Å²) in [7, 11) is 0. The summed E-state index contributed by atoms with van der Waals surface area (Å²) < 4.78 is 0. The molecule has 0 heterocycles. The first-order valence-electron chi connectivity index (χ1n) is 13.5. The summed E-state index contributed by atoms with van der Waals surface area (Å²) in [5, 5.41) is 21.1. The van der Waals surface area contributed by atoms with Crippen LogP contribution >= 0.6 is 0 Å². The number of benzene rings is 2. The predicted molar refractivity (Wildman–Crippen MR) is 162 cm³/mol. The van der Waals surface area contributed by atoms with E-state index in [0.29, 0.717) is 11.5 Å². The van der Waals surface area contributed by atoms with Crippen molar-refractivity contribution in [3.05, 3.63) is 105 Å². The average molecular weight is 499 g/mol. The molecule has 0 amide bonds. The van der Waals surface area contributed by atoms with Crippen LogP contribution in [0.2, 0.25) is 0 Å². The lowest BCUT2D eigenvalue weighted by Crippen LogP contribution is -1.91. The second kappa shape index (κ2) is 15.1. The van der Waals surface area contributed by atoms with Crippen molar-refractivity contribution >= 4 is 12.2 Å². The second-order valence-electron chi connectivity index (χ2n) is 10.7.